The maximum Gasteiger partial charge on any atom is 0.313 e. The maximum atomic E-state index is 14.2. The van der Waals surface area contributed by atoms with Crippen LogP contribution in [0.3, 0.4) is 0 Å². The van der Waals surface area contributed by atoms with Gasteiger partial charge in [0, 0.05) is 6.42 Å². The van der Waals surface area contributed by atoms with E-state index >= 15 is 0 Å². The third-order valence-electron chi connectivity index (χ3n) is 3.48. The molecule has 0 amide bonds. The van der Waals surface area contributed by atoms with Crippen LogP contribution >= 0.6 is 0 Å². The first-order valence-electron chi connectivity index (χ1n) is 4.71. The fraction of sp³-hybridized carbons (Fsp3) is 0.364. The third-order valence-corrected chi connectivity index (χ3v) is 3.48. The van der Waals surface area contributed by atoms with Crippen LogP contribution in [0.2, 0.25) is 0 Å². The molecule has 2 nitrogen and oxygen atoms in total. The van der Waals surface area contributed by atoms with Crippen LogP contribution in [0.15, 0.2) is 24.3 Å². The predicted octanol–water partition coefficient (Wildman–Crippen LogP) is 1.83. The summed E-state index contributed by atoms with van der Waals surface area (Å²) in [5.74, 6) is -2.92. The van der Waals surface area contributed by atoms with E-state index in [0.717, 1.165) is 0 Å². The summed E-state index contributed by atoms with van der Waals surface area (Å²) in [6.07, 6.45) is -0.128. The summed E-state index contributed by atoms with van der Waals surface area (Å²) in [4.78, 5) is 10.7. The van der Waals surface area contributed by atoms with Gasteiger partial charge in [-0.1, -0.05) is 24.3 Å². The quantitative estimate of drug-likeness (QED) is 0.767. The van der Waals surface area contributed by atoms with Gasteiger partial charge < -0.3 is 5.11 Å². The second-order valence-corrected chi connectivity index (χ2v) is 4.18. The molecule has 0 bridgehead atoms. The molecule has 1 aromatic carbocycles. The van der Waals surface area contributed by atoms with Gasteiger partial charge in [0.15, 0.2) is 11.3 Å². The monoisotopic (exact) mass is 210 g/mol. The summed E-state index contributed by atoms with van der Waals surface area (Å²) in [5.41, 5.74) is -3.72. The van der Waals surface area contributed by atoms with Crippen LogP contribution in [-0.2, 0) is 16.9 Å². The lowest BCUT2D eigenvalue weighted by molar-refractivity contribution is -0.140. The summed E-state index contributed by atoms with van der Waals surface area (Å²) in [6, 6.07) is 6.41. The lowest BCUT2D eigenvalue weighted by atomic mass is 10.0. The number of alkyl halides is 2. The fourth-order valence-corrected chi connectivity index (χ4v) is 2.75. The highest BCUT2D eigenvalue weighted by atomic mass is 19.2. The number of aliphatic carboxylic acids is 1. The largest absolute Gasteiger partial charge is 0.481 e. The van der Waals surface area contributed by atoms with Crippen molar-refractivity contribution >= 4 is 5.97 Å². The molecule has 15 heavy (non-hydrogen) atoms. The molecule has 78 valence electrons. The Labute approximate surface area is 84.5 Å². The maximum absolute atomic E-state index is 14.2. The molecule has 0 spiro atoms. The minimum Gasteiger partial charge on any atom is -0.481 e. The van der Waals surface area contributed by atoms with Crippen LogP contribution in [0.4, 0.5) is 8.78 Å². The second-order valence-electron chi connectivity index (χ2n) is 4.18. The van der Waals surface area contributed by atoms with Gasteiger partial charge in [0.1, 0.15) is 5.92 Å². The van der Waals surface area contributed by atoms with Gasteiger partial charge in [-0.15, -0.1) is 0 Å². The van der Waals surface area contributed by atoms with Crippen LogP contribution in [0.25, 0.3) is 0 Å². The Kier molecular flexibility index (Phi) is 1.30. The lowest BCUT2D eigenvalue weighted by Crippen LogP contribution is -2.13. The van der Waals surface area contributed by atoms with E-state index in [2.05, 4.69) is 0 Å². The van der Waals surface area contributed by atoms with Gasteiger partial charge in [0.2, 0.25) is 0 Å². The molecule has 2 aliphatic rings. The van der Waals surface area contributed by atoms with E-state index in [9.17, 15) is 13.6 Å². The molecule has 3 atom stereocenters. The van der Waals surface area contributed by atoms with Crippen molar-refractivity contribution in [3.63, 3.8) is 0 Å². The van der Waals surface area contributed by atoms with Gasteiger partial charge >= 0.3 is 5.97 Å². The van der Waals surface area contributed by atoms with Crippen LogP contribution < -0.4 is 0 Å². The predicted molar refractivity (Wildman–Crippen MR) is 47.9 cm³/mol. The number of rotatable bonds is 1. The van der Waals surface area contributed by atoms with E-state index in [1.165, 1.54) is 6.07 Å². The molecule has 3 rings (SSSR count). The number of carboxylic acid groups (broad SMARTS) is 1. The van der Waals surface area contributed by atoms with E-state index < -0.39 is 23.2 Å². The zero-order valence-electron chi connectivity index (χ0n) is 7.71. The van der Waals surface area contributed by atoms with Crippen LogP contribution in [0.5, 0.6) is 0 Å². The SMILES string of the molecule is O=C(O)C1C2(F)Cc3ccccc3C12F. The van der Waals surface area contributed by atoms with Gasteiger partial charge in [-0.3, -0.25) is 4.79 Å². The number of fused-ring (bicyclic) bond motifs is 3. The smallest absolute Gasteiger partial charge is 0.313 e. The highest BCUT2D eigenvalue weighted by Crippen LogP contribution is 2.72. The molecule has 0 radical (unpaired) electrons. The first kappa shape index (κ1) is 8.83. The Morgan fingerprint density at radius 2 is 2.07 bits per heavy atom. The Morgan fingerprint density at radius 1 is 1.40 bits per heavy atom. The summed E-state index contributed by atoms with van der Waals surface area (Å²) in [7, 11) is 0. The zero-order chi connectivity index (χ0) is 10.8. The highest BCUT2D eigenvalue weighted by molar-refractivity contribution is 5.82. The number of carboxylic acids is 1. The van der Waals surface area contributed by atoms with Crippen LogP contribution in [0.1, 0.15) is 11.1 Å². The van der Waals surface area contributed by atoms with E-state index in [-0.39, 0.29) is 12.0 Å². The molecular formula is C11H8F2O2. The lowest BCUT2D eigenvalue weighted by Gasteiger charge is -2.06. The molecule has 4 heteroatoms. The number of halogens is 2. The number of hydrogen-bond donors (Lipinski definition) is 1. The second kappa shape index (κ2) is 2.21. The van der Waals surface area contributed by atoms with Crippen molar-refractivity contribution in [2.45, 2.75) is 17.8 Å². The molecule has 0 heterocycles. The average Bonchev–Trinajstić information content (AvgIpc) is 2.55. The Balaban J connectivity index is 2.16. The summed E-state index contributed by atoms with van der Waals surface area (Å²) >= 11 is 0. The van der Waals surface area contributed by atoms with Crippen LogP contribution in [0, 0.1) is 5.92 Å². The van der Waals surface area contributed by atoms with E-state index in [0.29, 0.717) is 5.56 Å². The van der Waals surface area contributed by atoms with Crippen molar-refractivity contribution in [3.05, 3.63) is 35.4 Å². The standard InChI is InChI=1S/C11H8F2O2/c12-10-5-6-3-1-2-4-7(6)11(10,13)8(10)9(14)15/h1-4,8H,5H2,(H,14,15). The Morgan fingerprint density at radius 3 is 2.73 bits per heavy atom. The van der Waals surface area contributed by atoms with Crippen molar-refractivity contribution in [2.24, 2.45) is 5.92 Å². The molecule has 1 aromatic rings. The molecule has 1 N–H and O–H groups in total. The topological polar surface area (TPSA) is 37.3 Å². The van der Waals surface area contributed by atoms with Gasteiger partial charge in [-0.25, -0.2) is 8.78 Å². The Bertz CT molecular complexity index is 473. The highest BCUT2D eigenvalue weighted by Gasteiger charge is 2.87. The van der Waals surface area contributed by atoms with Crippen molar-refractivity contribution in [1.29, 1.82) is 0 Å². The molecule has 1 saturated carbocycles. The first-order valence-corrected chi connectivity index (χ1v) is 4.71. The average molecular weight is 210 g/mol. The fourth-order valence-electron chi connectivity index (χ4n) is 2.75. The first-order chi connectivity index (χ1) is 7.02. The summed E-state index contributed by atoms with van der Waals surface area (Å²) in [6.45, 7) is 0. The molecule has 3 unspecified atom stereocenters. The molecule has 0 aliphatic heterocycles. The van der Waals surface area contributed by atoms with Gasteiger partial charge in [-0.05, 0) is 11.1 Å². The van der Waals surface area contributed by atoms with Crippen molar-refractivity contribution in [2.75, 3.05) is 0 Å². The molecule has 0 aromatic heterocycles. The number of hydrogen-bond acceptors (Lipinski definition) is 1. The normalized spacial score (nSPS) is 40.8. The van der Waals surface area contributed by atoms with Gasteiger partial charge in [-0.2, -0.15) is 0 Å². The summed E-state index contributed by atoms with van der Waals surface area (Å²) in [5, 5.41) is 8.74. The van der Waals surface area contributed by atoms with E-state index in [1.807, 2.05) is 0 Å². The molecule has 2 aliphatic carbocycles. The van der Waals surface area contributed by atoms with Gasteiger partial charge in [0.25, 0.3) is 0 Å². The molecule has 1 fully saturated rings. The number of benzene rings is 1. The molecule has 0 saturated heterocycles. The van der Waals surface area contributed by atoms with Crippen molar-refractivity contribution < 1.29 is 18.7 Å². The van der Waals surface area contributed by atoms with E-state index in [4.69, 9.17) is 5.11 Å². The van der Waals surface area contributed by atoms with Gasteiger partial charge in [0.05, 0.1) is 0 Å². The minimum atomic E-state index is -2.30. The third kappa shape index (κ3) is 0.736. The Hall–Kier alpha value is -1.45. The number of carbonyl (C=O) groups is 1. The van der Waals surface area contributed by atoms with Crippen molar-refractivity contribution in [1.82, 2.24) is 0 Å². The van der Waals surface area contributed by atoms with Crippen molar-refractivity contribution in [3.8, 4) is 0 Å². The van der Waals surface area contributed by atoms with Crippen LogP contribution in [-0.4, -0.2) is 16.7 Å². The summed E-state index contributed by atoms with van der Waals surface area (Å²) < 4.78 is 28.2. The zero-order valence-corrected chi connectivity index (χ0v) is 7.71. The van der Waals surface area contributed by atoms with E-state index in [1.54, 1.807) is 18.2 Å². The molecular weight excluding hydrogens is 202 g/mol. The minimum absolute atomic E-state index is 0.128.